The quantitative estimate of drug-likeness (QED) is 0.704. The van der Waals surface area contributed by atoms with E-state index in [4.69, 9.17) is 10.00 Å². The maximum Gasteiger partial charge on any atom is 0.137 e. The van der Waals surface area contributed by atoms with Gasteiger partial charge in [-0.25, -0.2) is 0 Å². The van der Waals surface area contributed by atoms with Crippen LogP contribution in [0.3, 0.4) is 0 Å². The summed E-state index contributed by atoms with van der Waals surface area (Å²) in [5, 5.41) is 8.73. The van der Waals surface area contributed by atoms with Crippen LogP contribution in [0.2, 0.25) is 0 Å². The number of nitriles is 1. The fourth-order valence-corrected chi connectivity index (χ4v) is 0.886. The first-order chi connectivity index (χ1) is 6.24. The van der Waals surface area contributed by atoms with Crippen LogP contribution in [0.25, 0.3) is 0 Å². The molecule has 2 nitrogen and oxygen atoms in total. The Bertz CT molecular complexity index is 312. The zero-order chi connectivity index (χ0) is 9.68. The van der Waals surface area contributed by atoms with Gasteiger partial charge in [0.15, 0.2) is 0 Å². The number of ether oxygens (including phenoxy) is 1. The van der Waals surface area contributed by atoms with Gasteiger partial charge in [-0.15, -0.1) is 0 Å². The van der Waals surface area contributed by atoms with Gasteiger partial charge >= 0.3 is 0 Å². The number of benzene rings is 1. The van der Waals surface area contributed by atoms with E-state index in [0.29, 0.717) is 23.8 Å². The Kier molecular flexibility index (Phi) is 3.33. The van der Waals surface area contributed by atoms with E-state index in [9.17, 15) is 0 Å². The highest BCUT2D eigenvalue weighted by molar-refractivity contribution is 5.42. The predicted octanol–water partition coefficient (Wildman–Crippen LogP) is 2.39. The van der Waals surface area contributed by atoms with Gasteiger partial charge in [0.1, 0.15) is 11.8 Å². The lowest BCUT2D eigenvalue weighted by atomic mass is 10.2. The van der Waals surface area contributed by atoms with Gasteiger partial charge in [-0.1, -0.05) is 19.9 Å². The van der Waals surface area contributed by atoms with Crippen molar-refractivity contribution in [2.24, 2.45) is 5.92 Å². The number of nitrogens with zero attached hydrogens (tertiary/aromatic N) is 1. The van der Waals surface area contributed by atoms with E-state index in [1.807, 2.05) is 0 Å². The second kappa shape index (κ2) is 4.51. The van der Waals surface area contributed by atoms with E-state index >= 15 is 0 Å². The molecule has 1 aromatic rings. The van der Waals surface area contributed by atoms with Crippen molar-refractivity contribution in [2.45, 2.75) is 13.8 Å². The number of hydrogen-bond acceptors (Lipinski definition) is 2. The third-order valence-electron chi connectivity index (χ3n) is 1.52. The van der Waals surface area contributed by atoms with E-state index in [2.05, 4.69) is 26.0 Å². The highest BCUT2D eigenvalue weighted by Gasteiger charge is 2.02. The van der Waals surface area contributed by atoms with Crippen LogP contribution in [0.5, 0.6) is 5.75 Å². The van der Waals surface area contributed by atoms with Crippen molar-refractivity contribution in [3.63, 3.8) is 0 Å². The zero-order valence-electron chi connectivity index (χ0n) is 7.87. The molecule has 0 N–H and O–H groups in total. The van der Waals surface area contributed by atoms with E-state index in [0.717, 1.165) is 0 Å². The molecule has 0 bridgehead atoms. The Morgan fingerprint density at radius 3 is 3.00 bits per heavy atom. The van der Waals surface area contributed by atoms with Gasteiger partial charge in [0.05, 0.1) is 12.2 Å². The molecule has 2 heteroatoms. The lowest BCUT2D eigenvalue weighted by Crippen LogP contribution is -2.05. The highest BCUT2D eigenvalue weighted by atomic mass is 16.5. The Morgan fingerprint density at radius 2 is 2.38 bits per heavy atom. The van der Waals surface area contributed by atoms with Crippen LogP contribution in [0.4, 0.5) is 0 Å². The van der Waals surface area contributed by atoms with Gasteiger partial charge < -0.3 is 4.74 Å². The molecular formula is C11H12NO. The third kappa shape index (κ3) is 2.79. The van der Waals surface area contributed by atoms with E-state index < -0.39 is 0 Å². The lowest BCUT2D eigenvalue weighted by molar-refractivity contribution is 0.270. The summed E-state index contributed by atoms with van der Waals surface area (Å²) in [5.74, 6) is 1.12. The second-order valence-electron chi connectivity index (χ2n) is 3.24. The second-order valence-corrected chi connectivity index (χ2v) is 3.24. The molecule has 67 valence electrons. The summed E-state index contributed by atoms with van der Waals surface area (Å²) in [6.45, 7) is 4.78. The largest absolute Gasteiger partial charge is 0.492 e. The molecule has 0 aliphatic rings. The van der Waals surface area contributed by atoms with Crippen LogP contribution in [0, 0.1) is 23.3 Å². The SMILES string of the molecule is CC(C)COc1cc[c]cc1C#N. The van der Waals surface area contributed by atoms with E-state index in [1.165, 1.54) is 0 Å². The van der Waals surface area contributed by atoms with Crippen molar-refractivity contribution in [3.8, 4) is 11.8 Å². The zero-order valence-corrected chi connectivity index (χ0v) is 7.87. The molecule has 0 fully saturated rings. The average Bonchev–Trinajstić information content (AvgIpc) is 2.15. The normalized spacial score (nSPS) is 9.69. The van der Waals surface area contributed by atoms with Crippen LogP contribution in [0.1, 0.15) is 19.4 Å². The Balaban J connectivity index is 2.71. The summed E-state index contributed by atoms with van der Waals surface area (Å²) in [7, 11) is 0. The average molecular weight is 174 g/mol. The smallest absolute Gasteiger partial charge is 0.137 e. The fourth-order valence-electron chi connectivity index (χ4n) is 0.886. The maximum absolute atomic E-state index is 8.73. The Hall–Kier alpha value is -1.49. The predicted molar refractivity (Wildman–Crippen MR) is 50.3 cm³/mol. The molecule has 1 rings (SSSR count). The van der Waals surface area contributed by atoms with Gasteiger partial charge in [-0.3, -0.25) is 0 Å². The van der Waals surface area contributed by atoms with Crippen LogP contribution in [0.15, 0.2) is 18.2 Å². The van der Waals surface area contributed by atoms with Crippen molar-refractivity contribution < 1.29 is 4.74 Å². The number of hydrogen-bond donors (Lipinski definition) is 0. The molecule has 0 aromatic heterocycles. The molecule has 0 atom stereocenters. The van der Waals surface area contributed by atoms with Crippen LogP contribution < -0.4 is 4.74 Å². The Labute approximate surface area is 78.8 Å². The monoisotopic (exact) mass is 174 g/mol. The van der Waals surface area contributed by atoms with Crippen molar-refractivity contribution in [3.05, 3.63) is 29.8 Å². The molecule has 0 heterocycles. The molecule has 0 saturated carbocycles. The van der Waals surface area contributed by atoms with Crippen molar-refractivity contribution in [1.82, 2.24) is 0 Å². The minimum atomic E-state index is 0.468. The van der Waals surface area contributed by atoms with Crippen molar-refractivity contribution >= 4 is 0 Å². The van der Waals surface area contributed by atoms with Gasteiger partial charge in [0.25, 0.3) is 0 Å². The lowest BCUT2D eigenvalue weighted by Gasteiger charge is -2.08. The van der Waals surface area contributed by atoms with Crippen molar-refractivity contribution in [2.75, 3.05) is 6.61 Å². The standard InChI is InChI=1S/C11H12NO/c1-9(2)8-13-11-6-4-3-5-10(11)7-12/h4-6,9H,8H2,1-2H3. The fraction of sp³-hybridized carbons (Fsp3) is 0.364. The van der Waals surface area contributed by atoms with Gasteiger partial charge in [0.2, 0.25) is 0 Å². The highest BCUT2D eigenvalue weighted by Crippen LogP contribution is 2.16. The minimum Gasteiger partial charge on any atom is -0.492 e. The molecule has 1 radical (unpaired) electrons. The minimum absolute atomic E-state index is 0.468. The molecule has 0 unspecified atom stereocenters. The summed E-state index contributed by atoms with van der Waals surface area (Å²) in [4.78, 5) is 0. The van der Waals surface area contributed by atoms with Gasteiger partial charge in [-0.05, 0) is 24.1 Å². The Morgan fingerprint density at radius 1 is 1.62 bits per heavy atom. The summed E-state index contributed by atoms with van der Waals surface area (Å²) < 4.78 is 5.45. The maximum atomic E-state index is 8.73. The summed E-state index contributed by atoms with van der Waals surface area (Å²) in [6, 6.07) is 10.0. The molecule has 0 spiro atoms. The first kappa shape index (κ1) is 9.60. The van der Waals surface area contributed by atoms with Crippen LogP contribution in [-0.2, 0) is 0 Å². The van der Waals surface area contributed by atoms with E-state index in [-0.39, 0.29) is 0 Å². The third-order valence-corrected chi connectivity index (χ3v) is 1.52. The summed E-state index contributed by atoms with van der Waals surface area (Å²) >= 11 is 0. The van der Waals surface area contributed by atoms with Gasteiger partial charge in [0, 0.05) is 0 Å². The molecule has 0 saturated heterocycles. The van der Waals surface area contributed by atoms with Crippen LogP contribution >= 0.6 is 0 Å². The molecule has 0 amide bonds. The molecule has 13 heavy (non-hydrogen) atoms. The van der Waals surface area contributed by atoms with Crippen molar-refractivity contribution in [1.29, 1.82) is 5.26 Å². The molecular weight excluding hydrogens is 162 g/mol. The topological polar surface area (TPSA) is 33.0 Å². The first-order valence-corrected chi connectivity index (χ1v) is 4.27. The first-order valence-electron chi connectivity index (χ1n) is 4.27. The summed E-state index contributed by atoms with van der Waals surface area (Å²) in [5.41, 5.74) is 0.545. The molecule has 0 aliphatic heterocycles. The van der Waals surface area contributed by atoms with Crippen LogP contribution in [-0.4, -0.2) is 6.61 Å². The molecule has 1 aromatic carbocycles. The summed E-state index contributed by atoms with van der Waals surface area (Å²) in [6.07, 6.45) is 0. The van der Waals surface area contributed by atoms with Gasteiger partial charge in [-0.2, -0.15) is 5.26 Å². The molecule has 0 aliphatic carbocycles. The number of rotatable bonds is 3. The van der Waals surface area contributed by atoms with E-state index in [1.54, 1.807) is 18.2 Å².